The van der Waals surface area contributed by atoms with E-state index < -0.39 is 0 Å². The maximum Gasteiger partial charge on any atom is 0.0731 e. The predicted octanol–water partition coefficient (Wildman–Crippen LogP) is 3.76. The molecule has 3 rings (SSSR count). The number of benzene rings is 1. The van der Waals surface area contributed by atoms with Crippen LogP contribution in [0.2, 0.25) is 0 Å². The van der Waals surface area contributed by atoms with E-state index in [-0.39, 0.29) is 0 Å². The summed E-state index contributed by atoms with van der Waals surface area (Å²) in [6, 6.07) is 6.86. The van der Waals surface area contributed by atoms with Crippen LogP contribution in [0.4, 0.5) is 5.69 Å². The first-order valence-corrected chi connectivity index (χ1v) is 7.13. The minimum atomic E-state index is 0.409. The molecule has 1 unspecified atom stereocenters. The molecule has 0 spiro atoms. The lowest BCUT2D eigenvalue weighted by molar-refractivity contribution is 0.659. The van der Waals surface area contributed by atoms with Crippen LogP contribution >= 0.6 is 15.9 Å². The van der Waals surface area contributed by atoms with Crippen LogP contribution in [0, 0.1) is 0 Å². The van der Waals surface area contributed by atoms with Crippen molar-refractivity contribution in [2.24, 2.45) is 0 Å². The Balaban J connectivity index is 1.82. The number of aryl methyl sites for hydroxylation is 1. The van der Waals surface area contributed by atoms with E-state index in [1.165, 1.54) is 15.6 Å². The van der Waals surface area contributed by atoms with Crippen molar-refractivity contribution >= 4 is 21.6 Å². The summed E-state index contributed by atoms with van der Waals surface area (Å²) < 4.78 is 3.17. The van der Waals surface area contributed by atoms with Crippen LogP contribution in [0.3, 0.4) is 0 Å². The molecule has 1 heterocycles. The molecule has 94 valence electrons. The van der Waals surface area contributed by atoms with Crippen LogP contribution in [-0.4, -0.2) is 9.78 Å². The Hall–Kier alpha value is -1.29. The molecule has 1 N–H and O–H groups in total. The fraction of sp³-hybridized carbons (Fsp3) is 0.357. The van der Waals surface area contributed by atoms with Crippen molar-refractivity contribution in [1.29, 1.82) is 0 Å². The van der Waals surface area contributed by atoms with Gasteiger partial charge >= 0.3 is 0 Å². The van der Waals surface area contributed by atoms with Gasteiger partial charge in [0.15, 0.2) is 0 Å². The van der Waals surface area contributed by atoms with E-state index in [0.717, 1.165) is 25.1 Å². The number of hydrogen-bond acceptors (Lipinski definition) is 2. The highest BCUT2D eigenvalue weighted by atomic mass is 79.9. The lowest BCUT2D eigenvalue weighted by Crippen LogP contribution is -2.06. The van der Waals surface area contributed by atoms with Crippen LogP contribution in [-0.2, 0) is 13.0 Å². The second kappa shape index (κ2) is 4.76. The highest BCUT2D eigenvalue weighted by Gasteiger charge is 2.23. The van der Waals surface area contributed by atoms with Gasteiger partial charge in [-0.2, -0.15) is 5.10 Å². The number of rotatable bonds is 3. The summed E-state index contributed by atoms with van der Waals surface area (Å²) in [4.78, 5) is 0. The summed E-state index contributed by atoms with van der Waals surface area (Å²) in [5, 5.41) is 7.87. The molecule has 4 heteroatoms. The molecule has 2 aromatic rings. The fourth-order valence-electron chi connectivity index (χ4n) is 2.57. The Kier molecular flexibility index (Phi) is 3.12. The molecule has 0 saturated heterocycles. The van der Waals surface area contributed by atoms with Crippen molar-refractivity contribution in [3.05, 3.63) is 46.2 Å². The summed E-state index contributed by atoms with van der Waals surface area (Å²) in [5.41, 5.74) is 3.96. The van der Waals surface area contributed by atoms with Crippen molar-refractivity contribution in [3.63, 3.8) is 0 Å². The van der Waals surface area contributed by atoms with Crippen LogP contribution in [0.1, 0.15) is 30.5 Å². The van der Waals surface area contributed by atoms with Gasteiger partial charge in [-0.05, 0) is 37.0 Å². The number of halogens is 1. The van der Waals surface area contributed by atoms with E-state index >= 15 is 0 Å². The Morgan fingerprint density at radius 3 is 3.17 bits per heavy atom. The fourth-order valence-corrected chi connectivity index (χ4v) is 3.15. The summed E-state index contributed by atoms with van der Waals surface area (Å²) in [6.07, 6.45) is 6.25. The quantitative estimate of drug-likeness (QED) is 0.935. The van der Waals surface area contributed by atoms with Gasteiger partial charge < -0.3 is 5.32 Å². The smallest absolute Gasteiger partial charge is 0.0731 e. The molecule has 3 nitrogen and oxygen atoms in total. The molecule has 1 aliphatic carbocycles. The van der Waals surface area contributed by atoms with Gasteiger partial charge in [-0.3, -0.25) is 4.68 Å². The van der Waals surface area contributed by atoms with E-state index in [2.05, 4.69) is 57.7 Å². The number of aromatic nitrogens is 2. The maximum atomic E-state index is 4.30. The molecule has 0 aliphatic heterocycles. The lowest BCUT2D eigenvalue weighted by atomic mass is 10.1. The highest BCUT2D eigenvalue weighted by molar-refractivity contribution is 9.10. The first-order chi connectivity index (χ1) is 8.78. The topological polar surface area (TPSA) is 29.9 Å². The van der Waals surface area contributed by atoms with E-state index in [1.807, 2.05) is 10.9 Å². The molecule has 1 aliphatic rings. The largest absolute Gasteiger partial charge is 0.376 e. The maximum absolute atomic E-state index is 4.30. The highest BCUT2D eigenvalue weighted by Crippen LogP contribution is 2.37. The third-order valence-corrected chi connectivity index (χ3v) is 4.25. The summed E-state index contributed by atoms with van der Waals surface area (Å²) in [6.45, 7) is 3.01. The molecule has 0 saturated carbocycles. The van der Waals surface area contributed by atoms with Crippen LogP contribution in [0.15, 0.2) is 35.1 Å². The van der Waals surface area contributed by atoms with Gasteiger partial charge in [0, 0.05) is 17.2 Å². The predicted molar refractivity (Wildman–Crippen MR) is 76.7 cm³/mol. The monoisotopic (exact) mass is 305 g/mol. The summed E-state index contributed by atoms with van der Waals surface area (Å²) >= 11 is 3.63. The summed E-state index contributed by atoms with van der Waals surface area (Å²) in [7, 11) is 0. The second-order valence-corrected chi connectivity index (χ2v) is 5.48. The number of nitrogens with one attached hydrogen (secondary N) is 1. The van der Waals surface area contributed by atoms with Gasteiger partial charge in [0.2, 0.25) is 0 Å². The Morgan fingerprint density at radius 1 is 1.50 bits per heavy atom. The zero-order chi connectivity index (χ0) is 12.5. The van der Waals surface area contributed by atoms with E-state index in [1.54, 1.807) is 0 Å². The number of hydrogen-bond donors (Lipinski definition) is 1. The number of anilines is 1. The standard InChI is InChI=1S/C14H16BrN3/c1-2-18-9-10(8-16-18)17-14-7-6-11-12(14)4-3-5-13(11)15/h3-5,8-9,14,17H,2,6-7H2,1H3. The van der Waals surface area contributed by atoms with Crippen LogP contribution in [0.25, 0.3) is 0 Å². The Labute approximate surface area is 115 Å². The van der Waals surface area contributed by atoms with Crippen molar-refractivity contribution in [2.75, 3.05) is 5.32 Å². The van der Waals surface area contributed by atoms with Crippen molar-refractivity contribution in [2.45, 2.75) is 32.4 Å². The molecule has 18 heavy (non-hydrogen) atoms. The van der Waals surface area contributed by atoms with Gasteiger partial charge in [0.05, 0.1) is 17.9 Å². The normalized spacial score (nSPS) is 17.8. The molecule has 0 fully saturated rings. The third kappa shape index (κ3) is 2.05. The number of fused-ring (bicyclic) bond motifs is 1. The zero-order valence-corrected chi connectivity index (χ0v) is 11.9. The van der Waals surface area contributed by atoms with Gasteiger partial charge in [-0.25, -0.2) is 0 Å². The molecule has 1 aromatic heterocycles. The van der Waals surface area contributed by atoms with E-state index in [9.17, 15) is 0 Å². The van der Waals surface area contributed by atoms with Gasteiger partial charge in [-0.1, -0.05) is 28.1 Å². The lowest BCUT2D eigenvalue weighted by Gasteiger charge is -2.13. The zero-order valence-electron chi connectivity index (χ0n) is 10.4. The average molecular weight is 306 g/mol. The molecular formula is C14H16BrN3. The van der Waals surface area contributed by atoms with Crippen molar-refractivity contribution in [3.8, 4) is 0 Å². The molecule has 0 bridgehead atoms. The van der Waals surface area contributed by atoms with E-state index in [0.29, 0.717) is 6.04 Å². The summed E-state index contributed by atoms with van der Waals surface area (Å²) in [5.74, 6) is 0. The first-order valence-electron chi connectivity index (χ1n) is 6.34. The molecule has 0 amide bonds. The van der Waals surface area contributed by atoms with E-state index in [4.69, 9.17) is 0 Å². The van der Waals surface area contributed by atoms with Gasteiger partial charge in [0.1, 0.15) is 0 Å². The first kappa shape index (κ1) is 11.8. The third-order valence-electron chi connectivity index (χ3n) is 3.51. The molecule has 1 atom stereocenters. The Bertz CT molecular complexity index is 562. The Morgan fingerprint density at radius 2 is 2.39 bits per heavy atom. The second-order valence-electron chi connectivity index (χ2n) is 4.63. The molecular weight excluding hydrogens is 290 g/mol. The van der Waals surface area contributed by atoms with Gasteiger partial charge in [-0.15, -0.1) is 0 Å². The molecule has 0 radical (unpaired) electrons. The molecule has 1 aromatic carbocycles. The van der Waals surface area contributed by atoms with Crippen LogP contribution in [0.5, 0.6) is 0 Å². The minimum Gasteiger partial charge on any atom is -0.376 e. The van der Waals surface area contributed by atoms with Crippen molar-refractivity contribution in [1.82, 2.24) is 9.78 Å². The van der Waals surface area contributed by atoms with Crippen molar-refractivity contribution < 1.29 is 0 Å². The average Bonchev–Trinajstić information content (AvgIpc) is 2.98. The minimum absolute atomic E-state index is 0.409. The SMILES string of the molecule is CCn1cc(NC2CCc3c(Br)cccc32)cn1. The van der Waals surface area contributed by atoms with Crippen LogP contribution < -0.4 is 5.32 Å². The number of nitrogens with zero attached hydrogens (tertiary/aromatic N) is 2. The van der Waals surface area contributed by atoms with Gasteiger partial charge in [0.25, 0.3) is 0 Å².